The summed E-state index contributed by atoms with van der Waals surface area (Å²) in [5.74, 6) is -0.948. The molecule has 0 amide bonds. The van der Waals surface area contributed by atoms with Crippen molar-refractivity contribution in [3.8, 4) is 0 Å². The van der Waals surface area contributed by atoms with E-state index in [1.54, 1.807) is 13.8 Å². The first-order valence-electron chi connectivity index (χ1n) is 4.01. The molecule has 1 nitrogen and oxygen atoms in total. The van der Waals surface area contributed by atoms with E-state index in [0.717, 1.165) is 0 Å². The quantitative estimate of drug-likeness (QED) is 0.670. The lowest BCUT2D eigenvalue weighted by atomic mass is 10.0. The van der Waals surface area contributed by atoms with Crippen LogP contribution in [0.4, 0.5) is 4.39 Å². The predicted molar refractivity (Wildman–Crippen MR) is 50.6 cm³/mol. The van der Waals surface area contributed by atoms with Crippen LogP contribution in [0.3, 0.4) is 0 Å². The van der Waals surface area contributed by atoms with E-state index in [2.05, 4.69) is 0 Å². The molecule has 0 aliphatic heterocycles. The molecule has 0 atom stereocenters. The monoisotopic (exact) mass is 200 g/mol. The summed E-state index contributed by atoms with van der Waals surface area (Å²) in [6.07, 6.45) is 0. The van der Waals surface area contributed by atoms with Crippen LogP contribution in [0.25, 0.3) is 0 Å². The maximum atomic E-state index is 13.1. The molecule has 1 aromatic carbocycles. The van der Waals surface area contributed by atoms with E-state index in [1.165, 1.54) is 18.2 Å². The molecule has 70 valence electrons. The molecule has 0 fully saturated rings. The molecule has 0 spiro atoms. The molecule has 0 saturated heterocycles. The van der Waals surface area contributed by atoms with Crippen molar-refractivity contribution >= 4 is 17.4 Å². The normalized spacial score (nSPS) is 10.5. The third-order valence-electron chi connectivity index (χ3n) is 1.72. The third kappa shape index (κ3) is 2.28. The minimum Gasteiger partial charge on any atom is -0.294 e. The van der Waals surface area contributed by atoms with Crippen molar-refractivity contribution in [3.63, 3.8) is 0 Å². The van der Waals surface area contributed by atoms with Gasteiger partial charge in [0.15, 0.2) is 5.78 Å². The summed E-state index contributed by atoms with van der Waals surface area (Å²) in [5.41, 5.74) is 0.0718. The minimum absolute atomic E-state index is 0.0718. The molecule has 0 N–H and O–H groups in total. The van der Waals surface area contributed by atoms with Gasteiger partial charge in [-0.3, -0.25) is 4.79 Å². The van der Waals surface area contributed by atoms with Crippen LogP contribution in [0.2, 0.25) is 5.02 Å². The predicted octanol–water partition coefficient (Wildman–Crippen LogP) is 3.32. The number of Topliss-reactive ketones (excluding diaryl/α,β-unsaturated/α-hetero) is 1. The first kappa shape index (κ1) is 10.2. The Hall–Kier alpha value is -0.890. The van der Waals surface area contributed by atoms with E-state index < -0.39 is 5.82 Å². The molecular weight excluding hydrogens is 191 g/mol. The second kappa shape index (κ2) is 3.88. The zero-order valence-corrected chi connectivity index (χ0v) is 8.23. The van der Waals surface area contributed by atoms with Crippen LogP contribution >= 0.6 is 11.6 Å². The maximum Gasteiger partial charge on any atom is 0.168 e. The number of carbonyl (C=O) groups is 1. The summed E-state index contributed by atoms with van der Waals surface area (Å²) in [6.45, 7) is 3.45. The average molecular weight is 201 g/mol. The van der Waals surface area contributed by atoms with E-state index in [4.69, 9.17) is 11.6 Å². The Balaban J connectivity index is 3.13. The van der Waals surface area contributed by atoms with Gasteiger partial charge in [-0.15, -0.1) is 0 Å². The maximum absolute atomic E-state index is 13.1. The molecule has 1 aromatic rings. The van der Waals surface area contributed by atoms with Crippen LogP contribution in [0.1, 0.15) is 24.2 Å². The van der Waals surface area contributed by atoms with Crippen LogP contribution in [-0.2, 0) is 0 Å². The SMILES string of the molecule is CC(C)C(=O)c1cc(Cl)ccc1F. The Morgan fingerprint density at radius 3 is 2.62 bits per heavy atom. The summed E-state index contributed by atoms with van der Waals surface area (Å²) >= 11 is 5.65. The van der Waals surface area contributed by atoms with Gasteiger partial charge in [-0.1, -0.05) is 25.4 Å². The number of halogens is 2. The first-order chi connectivity index (χ1) is 6.02. The molecular formula is C10H10ClFO. The Bertz CT molecular complexity index is 334. The number of rotatable bonds is 2. The second-order valence-corrected chi connectivity index (χ2v) is 3.58. The van der Waals surface area contributed by atoms with Gasteiger partial charge in [0.1, 0.15) is 5.82 Å². The van der Waals surface area contributed by atoms with Crippen LogP contribution in [0.5, 0.6) is 0 Å². The lowest BCUT2D eigenvalue weighted by Crippen LogP contribution is -2.09. The zero-order chi connectivity index (χ0) is 10.0. The average Bonchev–Trinajstić information content (AvgIpc) is 2.08. The van der Waals surface area contributed by atoms with E-state index >= 15 is 0 Å². The molecule has 0 aliphatic carbocycles. The highest BCUT2D eigenvalue weighted by molar-refractivity contribution is 6.31. The zero-order valence-electron chi connectivity index (χ0n) is 7.47. The molecule has 0 aliphatic rings. The summed E-state index contributed by atoms with van der Waals surface area (Å²) in [4.78, 5) is 11.4. The smallest absolute Gasteiger partial charge is 0.168 e. The highest BCUT2D eigenvalue weighted by atomic mass is 35.5. The lowest BCUT2D eigenvalue weighted by molar-refractivity contribution is 0.0935. The van der Waals surface area contributed by atoms with Crippen LogP contribution in [0.15, 0.2) is 18.2 Å². The lowest BCUT2D eigenvalue weighted by Gasteiger charge is -2.05. The van der Waals surface area contributed by atoms with Gasteiger partial charge in [0.05, 0.1) is 5.56 Å². The van der Waals surface area contributed by atoms with Gasteiger partial charge in [-0.25, -0.2) is 4.39 Å². The molecule has 3 heteroatoms. The van der Waals surface area contributed by atoms with Gasteiger partial charge in [-0.2, -0.15) is 0 Å². The van der Waals surface area contributed by atoms with E-state index in [9.17, 15) is 9.18 Å². The molecule has 0 saturated carbocycles. The summed E-state index contributed by atoms with van der Waals surface area (Å²) < 4.78 is 13.1. The van der Waals surface area contributed by atoms with Crippen molar-refractivity contribution < 1.29 is 9.18 Å². The number of benzene rings is 1. The highest BCUT2D eigenvalue weighted by Crippen LogP contribution is 2.17. The molecule has 1 rings (SSSR count). The molecule has 0 radical (unpaired) electrons. The van der Waals surface area contributed by atoms with Crippen molar-refractivity contribution in [1.29, 1.82) is 0 Å². The largest absolute Gasteiger partial charge is 0.294 e. The number of hydrogen-bond acceptors (Lipinski definition) is 1. The number of carbonyl (C=O) groups excluding carboxylic acids is 1. The van der Waals surface area contributed by atoms with E-state index in [-0.39, 0.29) is 17.3 Å². The van der Waals surface area contributed by atoms with Crippen LogP contribution in [-0.4, -0.2) is 5.78 Å². The van der Waals surface area contributed by atoms with Gasteiger partial charge in [0.2, 0.25) is 0 Å². The second-order valence-electron chi connectivity index (χ2n) is 3.14. The van der Waals surface area contributed by atoms with Crippen molar-refractivity contribution in [2.45, 2.75) is 13.8 Å². The molecule has 13 heavy (non-hydrogen) atoms. The Morgan fingerprint density at radius 2 is 2.08 bits per heavy atom. The molecule has 0 aromatic heterocycles. The van der Waals surface area contributed by atoms with Gasteiger partial charge < -0.3 is 0 Å². The van der Waals surface area contributed by atoms with Crippen molar-refractivity contribution in [2.24, 2.45) is 5.92 Å². The Morgan fingerprint density at radius 1 is 1.46 bits per heavy atom. The summed E-state index contributed by atoms with van der Waals surface area (Å²) in [7, 11) is 0. The van der Waals surface area contributed by atoms with Crippen LogP contribution < -0.4 is 0 Å². The first-order valence-corrected chi connectivity index (χ1v) is 4.39. The van der Waals surface area contributed by atoms with Crippen molar-refractivity contribution in [1.82, 2.24) is 0 Å². The van der Waals surface area contributed by atoms with Gasteiger partial charge in [0.25, 0.3) is 0 Å². The van der Waals surface area contributed by atoms with Gasteiger partial charge in [0, 0.05) is 10.9 Å². The Labute approximate surface area is 81.5 Å². The van der Waals surface area contributed by atoms with E-state index in [0.29, 0.717) is 5.02 Å². The summed E-state index contributed by atoms with van der Waals surface area (Å²) in [6, 6.07) is 3.99. The van der Waals surface area contributed by atoms with Crippen molar-refractivity contribution in [3.05, 3.63) is 34.6 Å². The van der Waals surface area contributed by atoms with E-state index in [1.807, 2.05) is 0 Å². The standard InChI is InChI=1S/C10H10ClFO/c1-6(2)10(13)8-5-7(11)3-4-9(8)12/h3-6H,1-2H3. The molecule has 0 bridgehead atoms. The Kier molecular flexibility index (Phi) is 3.04. The highest BCUT2D eigenvalue weighted by Gasteiger charge is 2.15. The number of ketones is 1. The van der Waals surface area contributed by atoms with Crippen LogP contribution in [0, 0.1) is 11.7 Å². The molecule has 0 unspecified atom stereocenters. The molecule has 0 heterocycles. The van der Waals surface area contributed by atoms with Gasteiger partial charge in [-0.05, 0) is 18.2 Å². The third-order valence-corrected chi connectivity index (χ3v) is 1.95. The van der Waals surface area contributed by atoms with Gasteiger partial charge >= 0.3 is 0 Å². The number of hydrogen-bond donors (Lipinski definition) is 0. The fraction of sp³-hybridized carbons (Fsp3) is 0.300. The fourth-order valence-electron chi connectivity index (χ4n) is 0.997. The minimum atomic E-state index is -0.511. The topological polar surface area (TPSA) is 17.1 Å². The van der Waals surface area contributed by atoms with Crippen molar-refractivity contribution in [2.75, 3.05) is 0 Å². The summed E-state index contributed by atoms with van der Waals surface area (Å²) in [5, 5.41) is 0.380. The fourth-order valence-corrected chi connectivity index (χ4v) is 1.17.